The Kier molecular flexibility index (Phi) is 33.5. The zero-order valence-corrected chi connectivity index (χ0v) is 50.4. The van der Waals surface area contributed by atoms with Gasteiger partial charge < -0.3 is 48.3 Å². The fraction of sp³-hybridized carbons (Fsp3) is 0.708. The Labute approximate surface area is 480 Å². The van der Waals surface area contributed by atoms with Gasteiger partial charge in [-0.05, 0) is 98.1 Å². The number of hydrogen-bond acceptors (Lipinski definition) is 14. The number of carbonyl (C=O) groups is 5. The minimum absolute atomic E-state index is 0.126. The number of nitrogens with one attached hydrogen (secondary N) is 1. The van der Waals surface area contributed by atoms with Crippen molar-refractivity contribution in [2.45, 2.75) is 283 Å². The van der Waals surface area contributed by atoms with Gasteiger partial charge in [-0.2, -0.15) is 0 Å². The monoisotopic (exact) mass is 1120 g/mol. The van der Waals surface area contributed by atoms with Gasteiger partial charge in [0.1, 0.15) is 36.1 Å². The largest absolute Gasteiger partial charge is 0.509 e. The number of aliphatic hydroxyl groups excluding tert-OH is 1. The summed E-state index contributed by atoms with van der Waals surface area (Å²) >= 11 is 0. The van der Waals surface area contributed by atoms with Crippen molar-refractivity contribution in [2.75, 3.05) is 13.2 Å². The molecule has 452 valence electrons. The molecule has 2 N–H and O–H groups in total. The molecule has 0 aromatic heterocycles. The van der Waals surface area contributed by atoms with Gasteiger partial charge in [0.15, 0.2) is 18.0 Å². The highest BCUT2D eigenvalue weighted by Crippen LogP contribution is 2.36. The molecule has 0 spiro atoms. The average Bonchev–Trinajstić information content (AvgIpc) is 3.41. The van der Waals surface area contributed by atoms with Crippen LogP contribution in [-0.4, -0.2) is 102 Å². The Hall–Kier alpha value is -4.99. The zero-order chi connectivity index (χ0) is 58.7. The molecule has 1 fully saturated rings. The van der Waals surface area contributed by atoms with E-state index in [0.717, 1.165) is 38.5 Å². The van der Waals surface area contributed by atoms with Crippen LogP contribution >= 0.6 is 0 Å². The van der Waals surface area contributed by atoms with Crippen molar-refractivity contribution in [3.05, 3.63) is 83.9 Å². The van der Waals surface area contributed by atoms with Crippen LogP contribution in [0.5, 0.6) is 0 Å². The van der Waals surface area contributed by atoms with E-state index in [-0.39, 0.29) is 17.9 Å². The molecule has 0 aliphatic carbocycles. The number of aliphatic hydroxyl groups is 1. The third-order valence-electron chi connectivity index (χ3n) is 13.9. The Morgan fingerprint density at radius 1 is 0.600 bits per heavy atom. The topological polar surface area (TPSA) is 191 Å². The summed E-state index contributed by atoms with van der Waals surface area (Å²) in [6.07, 6.45) is 22.8. The molecule has 0 saturated carbocycles. The van der Waals surface area contributed by atoms with Gasteiger partial charge in [-0.1, -0.05) is 198 Å². The number of esters is 2. The van der Waals surface area contributed by atoms with Gasteiger partial charge in [-0.15, -0.1) is 0 Å². The van der Waals surface area contributed by atoms with Crippen LogP contribution in [0.25, 0.3) is 0 Å². The third kappa shape index (κ3) is 29.6. The van der Waals surface area contributed by atoms with E-state index in [2.05, 4.69) is 19.2 Å². The fourth-order valence-corrected chi connectivity index (χ4v) is 9.46. The fourth-order valence-electron chi connectivity index (χ4n) is 9.46. The van der Waals surface area contributed by atoms with E-state index in [1.54, 1.807) is 96.1 Å². The molecule has 0 radical (unpaired) electrons. The van der Waals surface area contributed by atoms with E-state index in [4.69, 9.17) is 37.9 Å². The number of allylic oxidation sites excluding steroid dienone is 1. The lowest BCUT2D eigenvalue weighted by Crippen LogP contribution is -2.67. The quantitative estimate of drug-likeness (QED) is 0.0278. The predicted molar refractivity (Wildman–Crippen MR) is 312 cm³/mol. The van der Waals surface area contributed by atoms with E-state index < -0.39 is 91.0 Å². The first kappa shape index (κ1) is 69.3. The molecule has 3 rings (SSSR count). The van der Waals surface area contributed by atoms with Gasteiger partial charge in [0.25, 0.3) is 0 Å². The van der Waals surface area contributed by atoms with Gasteiger partial charge in [-0.3, -0.25) is 4.79 Å². The van der Waals surface area contributed by atoms with Crippen molar-refractivity contribution >= 4 is 30.2 Å². The summed E-state index contributed by atoms with van der Waals surface area (Å²) in [6.45, 7) is 14.7. The maximum atomic E-state index is 14.1. The normalized spacial score (nSPS) is 19.2. The molecule has 7 atom stereocenters. The second kappa shape index (κ2) is 38.7. The summed E-state index contributed by atoms with van der Waals surface area (Å²) in [5.41, 5.74) is -1.53. The maximum Gasteiger partial charge on any atom is 0.509 e. The van der Waals surface area contributed by atoms with Gasteiger partial charge in [0.05, 0.1) is 23.8 Å². The first-order chi connectivity index (χ1) is 38.2. The number of benzene rings is 2. The van der Waals surface area contributed by atoms with E-state index in [9.17, 15) is 29.1 Å². The van der Waals surface area contributed by atoms with Crippen molar-refractivity contribution < 1.29 is 67.0 Å². The Bertz CT molecular complexity index is 2050. The first-order valence-electron chi connectivity index (χ1n) is 30.5. The molecular formula is C65H103NO14. The highest BCUT2D eigenvalue weighted by atomic mass is 16.8. The summed E-state index contributed by atoms with van der Waals surface area (Å²) in [4.78, 5) is 68.3. The Morgan fingerprint density at radius 2 is 1.05 bits per heavy atom. The molecule has 1 saturated heterocycles. The molecule has 1 aliphatic rings. The maximum absolute atomic E-state index is 14.1. The third-order valence-corrected chi connectivity index (χ3v) is 13.9. The summed E-state index contributed by atoms with van der Waals surface area (Å²) in [5, 5.41) is 15.5. The molecular weight excluding hydrogens is 1020 g/mol. The average molecular weight is 1120 g/mol. The van der Waals surface area contributed by atoms with E-state index in [0.29, 0.717) is 18.4 Å². The van der Waals surface area contributed by atoms with Crippen molar-refractivity contribution in [1.29, 1.82) is 0 Å². The Balaban J connectivity index is 1.95. The van der Waals surface area contributed by atoms with Crippen LogP contribution in [-0.2, 0) is 42.7 Å². The second-order valence-electron chi connectivity index (χ2n) is 23.6. The molecule has 0 bridgehead atoms. The van der Waals surface area contributed by atoms with Crippen molar-refractivity contribution in [1.82, 2.24) is 5.32 Å². The van der Waals surface area contributed by atoms with Crippen LogP contribution in [0.1, 0.15) is 250 Å². The summed E-state index contributed by atoms with van der Waals surface area (Å²) in [6, 6.07) is 15.5. The minimum Gasteiger partial charge on any atom is -0.452 e. The standard InChI is InChI=1S/C65H103NO14/c1-10-12-14-16-18-20-22-24-26-28-30-32-40-46-53(75-59(69)50-42-36-34-37-43-50)52(66-55(67)47-41-33-31-29-27-25-23-21-19-17-15-13-11-2)48-74-65(9)58(68)57(76-60(70)51-44-38-35-39-45-51)56(77-62(72)80-64(6,7)8)54(78-65)49-73-61(71)79-63(3,4)5/h34-40,42-46,52-54,56-58,68H,10-33,41,47-49H2,1-9H3,(H,66,67)/t52-,53+,54+,56-,57-,58+,65-/m0/s1. The number of amides is 1. The van der Waals surface area contributed by atoms with Crippen molar-refractivity contribution in [3.8, 4) is 0 Å². The summed E-state index contributed by atoms with van der Waals surface area (Å²) in [5.74, 6) is -3.93. The molecule has 15 heteroatoms. The molecule has 1 amide bonds. The minimum atomic E-state index is -2.14. The lowest BCUT2D eigenvalue weighted by Gasteiger charge is -2.48. The smallest absolute Gasteiger partial charge is 0.452 e. The molecule has 0 unspecified atom stereocenters. The first-order valence-corrected chi connectivity index (χ1v) is 30.5. The number of carbonyl (C=O) groups excluding carboxylic acids is 5. The van der Waals surface area contributed by atoms with E-state index in [1.165, 1.54) is 128 Å². The molecule has 1 heterocycles. The predicted octanol–water partition coefficient (Wildman–Crippen LogP) is 15.4. The summed E-state index contributed by atoms with van der Waals surface area (Å²) < 4.78 is 47.5. The van der Waals surface area contributed by atoms with Crippen molar-refractivity contribution in [3.63, 3.8) is 0 Å². The highest BCUT2D eigenvalue weighted by Gasteiger charge is 2.57. The van der Waals surface area contributed by atoms with Gasteiger partial charge in [0, 0.05) is 6.42 Å². The lowest BCUT2D eigenvalue weighted by atomic mass is 9.92. The van der Waals surface area contributed by atoms with Gasteiger partial charge >= 0.3 is 24.2 Å². The van der Waals surface area contributed by atoms with Crippen LogP contribution in [0, 0.1) is 0 Å². The van der Waals surface area contributed by atoms with Crippen LogP contribution in [0.3, 0.4) is 0 Å². The Morgan fingerprint density at radius 3 is 1.54 bits per heavy atom. The highest BCUT2D eigenvalue weighted by molar-refractivity contribution is 5.90. The van der Waals surface area contributed by atoms with Gasteiger partial charge in [-0.25, -0.2) is 19.2 Å². The molecule has 1 aliphatic heterocycles. The molecule has 15 nitrogen and oxygen atoms in total. The zero-order valence-electron chi connectivity index (χ0n) is 50.4. The van der Waals surface area contributed by atoms with E-state index in [1.807, 2.05) is 6.08 Å². The molecule has 80 heavy (non-hydrogen) atoms. The van der Waals surface area contributed by atoms with Crippen LogP contribution in [0.15, 0.2) is 72.8 Å². The van der Waals surface area contributed by atoms with Crippen LogP contribution < -0.4 is 5.32 Å². The van der Waals surface area contributed by atoms with Gasteiger partial charge in [0.2, 0.25) is 5.91 Å². The number of ether oxygens (including phenoxy) is 8. The SMILES string of the molecule is CCCCCCCCCCCCCC=C[C@@H](OC(=O)c1ccccc1)[C@H](CO[C@@]1(C)O[C@H](COC(=O)OC(C)(C)C)[C@H](OC(=O)OC(C)(C)C)[C@H](OC(=O)c2ccccc2)[C@H]1O)NC(=O)CCCCCCCCCCCCCCC. The van der Waals surface area contributed by atoms with Crippen LogP contribution in [0.4, 0.5) is 9.59 Å². The van der Waals surface area contributed by atoms with Crippen LogP contribution in [0.2, 0.25) is 0 Å². The molecule has 2 aromatic rings. The number of rotatable bonds is 39. The summed E-state index contributed by atoms with van der Waals surface area (Å²) in [7, 11) is 0. The lowest BCUT2D eigenvalue weighted by molar-refractivity contribution is -0.357. The van der Waals surface area contributed by atoms with Crippen molar-refractivity contribution in [2.24, 2.45) is 0 Å². The number of hydrogen-bond donors (Lipinski definition) is 2. The number of unbranched alkanes of at least 4 members (excludes halogenated alkanes) is 23. The molecule has 2 aromatic carbocycles. The second-order valence-corrected chi connectivity index (χ2v) is 23.6. The van der Waals surface area contributed by atoms with E-state index >= 15 is 0 Å².